The van der Waals surface area contributed by atoms with Crippen molar-refractivity contribution >= 4 is 27.3 Å². The summed E-state index contributed by atoms with van der Waals surface area (Å²) in [6, 6.07) is 10.9. The van der Waals surface area contributed by atoms with E-state index < -0.39 is 10.0 Å². The average Bonchev–Trinajstić information content (AvgIpc) is 2.38. The minimum atomic E-state index is -3.82. The first-order chi connectivity index (χ1) is 9.82. The molecule has 0 aromatic heterocycles. The fourth-order valence-electron chi connectivity index (χ4n) is 1.95. The molecule has 112 valence electrons. The van der Waals surface area contributed by atoms with Crippen LogP contribution in [0.1, 0.15) is 5.56 Å². The molecule has 3 N–H and O–H groups in total. The van der Waals surface area contributed by atoms with Gasteiger partial charge in [0.05, 0.1) is 10.7 Å². The number of aromatic hydroxyl groups is 1. The Labute approximate surface area is 128 Å². The molecular formula is C14H15ClN2O3S. The van der Waals surface area contributed by atoms with Crippen LogP contribution in [-0.4, -0.2) is 24.9 Å². The SMILES string of the molecule is CN(Cc1cccc(O)c1)S(=O)(=O)c1c(N)cccc1Cl. The Balaban J connectivity index is 2.35. The van der Waals surface area contributed by atoms with Gasteiger partial charge in [0, 0.05) is 13.6 Å². The van der Waals surface area contributed by atoms with Crippen LogP contribution in [0.4, 0.5) is 5.69 Å². The van der Waals surface area contributed by atoms with Gasteiger partial charge in [0.1, 0.15) is 10.6 Å². The number of hydrogen-bond donors (Lipinski definition) is 2. The molecule has 0 aliphatic heterocycles. The van der Waals surface area contributed by atoms with E-state index in [-0.39, 0.29) is 27.9 Å². The zero-order valence-corrected chi connectivity index (χ0v) is 12.9. The van der Waals surface area contributed by atoms with Gasteiger partial charge in [0.2, 0.25) is 10.0 Å². The number of hydrogen-bond acceptors (Lipinski definition) is 4. The first kappa shape index (κ1) is 15.6. The van der Waals surface area contributed by atoms with Gasteiger partial charge in [-0.1, -0.05) is 29.8 Å². The minimum Gasteiger partial charge on any atom is -0.508 e. The van der Waals surface area contributed by atoms with E-state index in [4.69, 9.17) is 17.3 Å². The van der Waals surface area contributed by atoms with Gasteiger partial charge in [-0.15, -0.1) is 0 Å². The molecule has 0 atom stereocenters. The normalized spacial score (nSPS) is 11.8. The van der Waals surface area contributed by atoms with Crippen molar-refractivity contribution in [2.24, 2.45) is 0 Å². The van der Waals surface area contributed by atoms with Gasteiger partial charge in [0.15, 0.2) is 0 Å². The Morgan fingerprint density at radius 3 is 2.52 bits per heavy atom. The number of nitrogens with two attached hydrogens (primary N) is 1. The van der Waals surface area contributed by atoms with E-state index in [0.717, 1.165) is 4.31 Å². The molecule has 0 saturated carbocycles. The highest BCUT2D eigenvalue weighted by atomic mass is 35.5. The van der Waals surface area contributed by atoms with Gasteiger partial charge in [-0.2, -0.15) is 4.31 Å². The van der Waals surface area contributed by atoms with Crippen LogP contribution in [0.25, 0.3) is 0 Å². The summed E-state index contributed by atoms with van der Waals surface area (Å²) >= 11 is 5.96. The molecule has 0 amide bonds. The maximum absolute atomic E-state index is 12.6. The number of nitrogen functional groups attached to an aromatic ring is 1. The van der Waals surface area contributed by atoms with Crippen molar-refractivity contribution in [3.63, 3.8) is 0 Å². The van der Waals surface area contributed by atoms with Crippen LogP contribution >= 0.6 is 11.6 Å². The van der Waals surface area contributed by atoms with Crippen molar-refractivity contribution in [1.29, 1.82) is 0 Å². The summed E-state index contributed by atoms with van der Waals surface area (Å²) in [6.45, 7) is 0.0986. The molecule has 2 aromatic rings. The molecule has 0 fully saturated rings. The number of nitrogens with zero attached hydrogens (tertiary/aromatic N) is 1. The van der Waals surface area contributed by atoms with E-state index >= 15 is 0 Å². The Hall–Kier alpha value is -1.76. The molecule has 0 unspecified atom stereocenters. The zero-order chi connectivity index (χ0) is 15.6. The Bertz CT molecular complexity index is 742. The summed E-state index contributed by atoms with van der Waals surface area (Å²) in [5.41, 5.74) is 6.49. The van der Waals surface area contributed by atoms with Crippen molar-refractivity contribution in [2.45, 2.75) is 11.4 Å². The summed E-state index contributed by atoms with van der Waals surface area (Å²) in [5, 5.41) is 9.51. The third-order valence-electron chi connectivity index (χ3n) is 2.98. The van der Waals surface area contributed by atoms with E-state index in [1.165, 1.54) is 31.3 Å². The Morgan fingerprint density at radius 1 is 1.24 bits per heavy atom. The second-order valence-electron chi connectivity index (χ2n) is 4.59. The van der Waals surface area contributed by atoms with Crippen LogP contribution in [0.2, 0.25) is 5.02 Å². The summed E-state index contributed by atoms with van der Waals surface area (Å²) in [5.74, 6) is 0.0792. The number of benzene rings is 2. The molecule has 2 rings (SSSR count). The quantitative estimate of drug-likeness (QED) is 0.845. The number of phenolic OH excluding ortho intramolecular Hbond substituents is 1. The van der Waals surface area contributed by atoms with Crippen molar-refractivity contribution in [2.75, 3.05) is 12.8 Å². The molecule has 0 bridgehead atoms. The van der Waals surface area contributed by atoms with E-state index in [9.17, 15) is 13.5 Å². The monoisotopic (exact) mass is 326 g/mol. The number of rotatable bonds is 4. The second kappa shape index (κ2) is 5.93. The van der Waals surface area contributed by atoms with Gasteiger partial charge in [-0.05, 0) is 29.8 Å². The molecule has 0 heterocycles. The van der Waals surface area contributed by atoms with Crippen molar-refractivity contribution in [3.8, 4) is 5.75 Å². The smallest absolute Gasteiger partial charge is 0.246 e. The highest BCUT2D eigenvalue weighted by Gasteiger charge is 2.26. The highest BCUT2D eigenvalue weighted by Crippen LogP contribution is 2.30. The second-order valence-corrected chi connectivity index (χ2v) is 6.98. The number of phenols is 1. The molecule has 0 radical (unpaired) electrons. The first-order valence-electron chi connectivity index (χ1n) is 6.10. The fourth-order valence-corrected chi connectivity index (χ4v) is 3.74. The van der Waals surface area contributed by atoms with Crippen molar-refractivity contribution < 1.29 is 13.5 Å². The topological polar surface area (TPSA) is 83.6 Å². The molecule has 0 spiro atoms. The first-order valence-corrected chi connectivity index (χ1v) is 7.92. The van der Waals surface area contributed by atoms with Gasteiger partial charge < -0.3 is 10.8 Å². The van der Waals surface area contributed by atoms with E-state index in [1.807, 2.05) is 0 Å². The van der Waals surface area contributed by atoms with Crippen molar-refractivity contribution in [1.82, 2.24) is 4.31 Å². The lowest BCUT2D eigenvalue weighted by Gasteiger charge is -2.19. The molecular weight excluding hydrogens is 312 g/mol. The third kappa shape index (κ3) is 3.29. The molecule has 21 heavy (non-hydrogen) atoms. The zero-order valence-electron chi connectivity index (χ0n) is 11.3. The van der Waals surface area contributed by atoms with E-state index in [0.29, 0.717) is 5.56 Å². The third-order valence-corrected chi connectivity index (χ3v) is 5.33. The van der Waals surface area contributed by atoms with Crippen LogP contribution in [0.5, 0.6) is 5.75 Å². The number of anilines is 1. The number of sulfonamides is 1. The lowest BCUT2D eigenvalue weighted by Crippen LogP contribution is -2.27. The van der Waals surface area contributed by atoms with Crippen LogP contribution in [0.3, 0.4) is 0 Å². The lowest BCUT2D eigenvalue weighted by atomic mass is 10.2. The Morgan fingerprint density at radius 2 is 1.90 bits per heavy atom. The van der Waals surface area contributed by atoms with Gasteiger partial charge in [0.25, 0.3) is 0 Å². The molecule has 0 saturated heterocycles. The molecule has 2 aromatic carbocycles. The average molecular weight is 327 g/mol. The lowest BCUT2D eigenvalue weighted by molar-refractivity contribution is 0.458. The van der Waals surface area contributed by atoms with Crippen molar-refractivity contribution in [3.05, 3.63) is 53.1 Å². The van der Waals surface area contributed by atoms with Crippen LogP contribution in [0.15, 0.2) is 47.4 Å². The van der Waals surface area contributed by atoms with E-state index in [1.54, 1.807) is 18.2 Å². The summed E-state index contributed by atoms with van der Waals surface area (Å²) < 4.78 is 26.3. The van der Waals surface area contributed by atoms with Gasteiger partial charge in [-0.25, -0.2) is 8.42 Å². The van der Waals surface area contributed by atoms with E-state index in [2.05, 4.69) is 0 Å². The van der Waals surface area contributed by atoms with Gasteiger partial charge in [-0.3, -0.25) is 0 Å². The summed E-state index contributed by atoms with van der Waals surface area (Å²) in [6.07, 6.45) is 0. The molecule has 5 nitrogen and oxygen atoms in total. The van der Waals surface area contributed by atoms with Crippen LogP contribution in [-0.2, 0) is 16.6 Å². The maximum Gasteiger partial charge on any atom is 0.246 e. The summed E-state index contributed by atoms with van der Waals surface area (Å²) in [7, 11) is -2.38. The standard InChI is InChI=1S/C14H15ClN2O3S/c1-17(9-10-4-2-5-11(18)8-10)21(19,20)14-12(15)6-3-7-13(14)16/h2-8,18H,9,16H2,1H3. The molecule has 7 heteroatoms. The number of halogens is 1. The Kier molecular flexibility index (Phi) is 4.41. The largest absolute Gasteiger partial charge is 0.508 e. The van der Waals surface area contributed by atoms with Gasteiger partial charge >= 0.3 is 0 Å². The predicted octanol–water partition coefficient (Wildman–Crippen LogP) is 2.45. The predicted molar refractivity (Wildman–Crippen MR) is 82.6 cm³/mol. The van der Waals surface area contributed by atoms with Crippen LogP contribution < -0.4 is 5.73 Å². The van der Waals surface area contributed by atoms with Crippen LogP contribution in [0, 0.1) is 0 Å². The highest BCUT2D eigenvalue weighted by molar-refractivity contribution is 7.89. The minimum absolute atomic E-state index is 0.0792. The molecule has 0 aliphatic rings. The maximum atomic E-state index is 12.6. The summed E-state index contributed by atoms with van der Waals surface area (Å²) in [4.78, 5) is -0.102. The molecule has 0 aliphatic carbocycles. The fraction of sp³-hybridized carbons (Fsp3) is 0.143.